The smallest absolute Gasteiger partial charge is 0.331 e. The van der Waals surface area contributed by atoms with Crippen LogP contribution in [0.1, 0.15) is 117 Å². The lowest BCUT2D eigenvalue weighted by molar-refractivity contribution is -0.870. The summed E-state index contributed by atoms with van der Waals surface area (Å²) in [5, 5.41) is 0. The number of rotatable bonds is 38. The molecule has 0 saturated carbocycles. The number of ether oxygens (including phenoxy) is 2. The number of phosphoric ester groups is 1. The molecule has 0 aromatic rings. The van der Waals surface area contributed by atoms with Gasteiger partial charge in [-0.05, 0) is 25.7 Å². The van der Waals surface area contributed by atoms with Gasteiger partial charge < -0.3 is 27.9 Å². The quantitative estimate of drug-likeness (QED) is 0.0151. The second kappa shape index (κ2) is 42.2. The number of hydrogen-bond acceptors (Lipinski definition) is 8. The van der Waals surface area contributed by atoms with Crippen molar-refractivity contribution < 1.29 is 42.1 Å². The van der Waals surface area contributed by atoms with Gasteiger partial charge in [0.2, 0.25) is 0 Å². The minimum absolute atomic E-state index is 0.0889. The summed E-state index contributed by atoms with van der Waals surface area (Å²) >= 11 is 0. The summed E-state index contributed by atoms with van der Waals surface area (Å²) in [6.07, 6.45) is 63.1. The van der Waals surface area contributed by atoms with Crippen LogP contribution in [0.4, 0.5) is 0 Å². The molecule has 0 bridgehead atoms. The maximum atomic E-state index is 12.5. The van der Waals surface area contributed by atoms with Gasteiger partial charge in [-0.25, -0.2) is 9.59 Å². The number of quaternary nitrogens is 1. The van der Waals surface area contributed by atoms with E-state index < -0.39 is 39.1 Å². The van der Waals surface area contributed by atoms with Crippen LogP contribution < -0.4 is 4.89 Å². The Hall–Kier alpha value is -4.11. The fraction of sp³-hybridized carbons (Fsp3) is 0.500. The molecule has 0 aromatic heterocycles. The number of esters is 2. The molecule has 10 heteroatoms. The lowest BCUT2D eigenvalue weighted by Crippen LogP contribution is -2.37. The summed E-state index contributed by atoms with van der Waals surface area (Å²) in [5.41, 5.74) is 0. The zero-order valence-corrected chi connectivity index (χ0v) is 39.6. The van der Waals surface area contributed by atoms with E-state index in [0.717, 1.165) is 12.8 Å². The van der Waals surface area contributed by atoms with Crippen molar-refractivity contribution in [2.45, 2.75) is 123 Å². The Kier molecular flexibility index (Phi) is 39.4. The van der Waals surface area contributed by atoms with Crippen LogP contribution >= 0.6 is 7.82 Å². The molecule has 9 nitrogen and oxygen atoms in total. The van der Waals surface area contributed by atoms with E-state index in [-0.39, 0.29) is 6.61 Å². The molecular formula is C52H80NO8P. The highest BCUT2D eigenvalue weighted by atomic mass is 31.2. The third-order valence-corrected chi connectivity index (χ3v) is 9.77. The molecule has 0 spiro atoms. The summed E-state index contributed by atoms with van der Waals surface area (Å²) in [5.74, 6) is -1.48. The van der Waals surface area contributed by atoms with Crippen LogP contribution in [0.2, 0.25) is 0 Å². The first-order chi connectivity index (χ1) is 30.0. The summed E-state index contributed by atoms with van der Waals surface area (Å²) < 4.78 is 33.3. The fourth-order valence-corrected chi connectivity index (χ4v) is 5.99. The van der Waals surface area contributed by atoms with Crippen LogP contribution in [0.5, 0.6) is 0 Å². The third-order valence-electron chi connectivity index (χ3n) is 8.81. The molecule has 0 saturated heterocycles. The van der Waals surface area contributed by atoms with Crippen molar-refractivity contribution in [3.05, 3.63) is 146 Å². The Morgan fingerprint density at radius 2 is 0.871 bits per heavy atom. The van der Waals surface area contributed by atoms with Crippen molar-refractivity contribution in [1.82, 2.24) is 0 Å². The van der Waals surface area contributed by atoms with E-state index in [0.29, 0.717) is 11.0 Å². The highest BCUT2D eigenvalue weighted by Crippen LogP contribution is 2.38. The zero-order valence-electron chi connectivity index (χ0n) is 38.7. The summed E-state index contributed by atoms with van der Waals surface area (Å²) in [6, 6.07) is 0. The molecule has 0 heterocycles. The zero-order chi connectivity index (χ0) is 45.7. The number of phosphoric acid groups is 1. The third kappa shape index (κ3) is 45.4. The molecule has 346 valence electrons. The lowest BCUT2D eigenvalue weighted by Gasteiger charge is -2.28. The van der Waals surface area contributed by atoms with Gasteiger partial charge in [0.15, 0.2) is 6.10 Å². The van der Waals surface area contributed by atoms with Crippen LogP contribution in [0.15, 0.2) is 146 Å². The first kappa shape index (κ1) is 57.9. The Morgan fingerprint density at radius 3 is 1.29 bits per heavy atom. The Balaban J connectivity index is 4.85. The van der Waals surface area contributed by atoms with Gasteiger partial charge in [-0.3, -0.25) is 4.57 Å². The lowest BCUT2D eigenvalue weighted by atomic mass is 10.1. The normalized spacial score (nSPS) is 14.9. The number of likely N-dealkylation sites (N-methyl/N-ethyl adjacent to an activating group) is 1. The number of hydrogen-bond donors (Lipinski definition) is 0. The number of allylic oxidation sites excluding steroid dienone is 22. The van der Waals surface area contributed by atoms with Crippen LogP contribution in [0.3, 0.4) is 0 Å². The van der Waals surface area contributed by atoms with E-state index in [1.165, 1.54) is 114 Å². The molecule has 1 unspecified atom stereocenters. The van der Waals surface area contributed by atoms with Crippen LogP contribution in [-0.2, 0) is 32.7 Å². The van der Waals surface area contributed by atoms with Crippen molar-refractivity contribution in [2.24, 2.45) is 0 Å². The van der Waals surface area contributed by atoms with Crippen molar-refractivity contribution in [3.8, 4) is 0 Å². The molecule has 0 amide bonds. The van der Waals surface area contributed by atoms with Crippen molar-refractivity contribution in [3.63, 3.8) is 0 Å². The molecule has 0 radical (unpaired) electrons. The average molecular weight is 878 g/mol. The Labute approximate surface area is 376 Å². The Bertz CT molecular complexity index is 1550. The van der Waals surface area contributed by atoms with Gasteiger partial charge in [0.05, 0.1) is 27.7 Å². The highest BCUT2D eigenvalue weighted by Gasteiger charge is 2.20. The SMILES string of the molecule is CCCCCCCCC/C=C/C=C/C=C/C=C/C=C/C=C/C(=O)OC[C@H](COP(=O)([O-])OCC[N+](C)(C)C)OC(=O)/C=C/C=C/C=C/C=C/C=C/C=C/CCCCCCCCC. The van der Waals surface area contributed by atoms with E-state index in [2.05, 4.69) is 38.2 Å². The van der Waals surface area contributed by atoms with Crippen LogP contribution in [0.25, 0.3) is 0 Å². The minimum Gasteiger partial charge on any atom is -0.756 e. The maximum absolute atomic E-state index is 12.5. The summed E-state index contributed by atoms with van der Waals surface area (Å²) in [6.45, 7) is 3.78. The predicted molar refractivity (Wildman–Crippen MR) is 258 cm³/mol. The van der Waals surface area contributed by atoms with Crippen LogP contribution in [0, 0.1) is 0 Å². The molecular weight excluding hydrogens is 798 g/mol. The van der Waals surface area contributed by atoms with Gasteiger partial charge in [0, 0.05) is 12.2 Å². The first-order valence-electron chi connectivity index (χ1n) is 22.8. The number of carbonyl (C=O) groups excluding carboxylic acids is 2. The molecule has 0 aliphatic carbocycles. The second-order valence-electron chi connectivity index (χ2n) is 15.8. The topological polar surface area (TPSA) is 111 Å². The molecule has 0 fully saturated rings. The number of carbonyl (C=O) groups is 2. The van der Waals surface area contributed by atoms with Gasteiger partial charge in [-0.2, -0.15) is 0 Å². The number of unbranched alkanes of at least 4 members (excludes halogenated alkanes) is 14. The highest BCUT2D eigenvalue weighted by molar-refractivity contribution is 7.45. The minimum atomic E-state index is -4.71. The molecule has 0 rings (SSSR count). The molecule has 0 aliphatic heterocycles. The summed E-state index contributed by atoms with van der Waals surface area (Å²) in [7, 11) is 0.972. The van der Waals surface area contributed by atoms with Crippen molar-refractivity contribution in [1.29, 1.82) is 0 Å². The molecule has 0 N–H and O–H groups in total. The monoisotopic (exact) mass is 878 g/mol. The van der Waals surface area contributed by atoms with E-state index in [9.17, 15) is 19.0 Å². The second-order valence-corrected chi connectivity index (χ2v) is 17.2. The average Bonchev–Trinajstić information content (AvgIpc) is 3.23. The van der Waals surface area contributed by atoms with Crippen molar-refractivity contribution in [2.75, 3.05) is 47.5 Å². The first-order valence-corrected chi connectivity index (χ1v) is 24.2. The molecule has 2 atom stereocenters. The molecule has 0 aromatic carbocycles. The molecule has 62 heavy (non-hydrogen) atoms. The number of nitrogens with zero attached hydrogens (tertiary/aromatic N) is 1. The van der Waals surface area contributed by atoms with E-state index in [1.54, 1.807) is 24.3 Å². The van der Waals surface area contributed by atoms with Crippen LogP contribution in [-0.4, -0.2) is 70.0 Å². The predicted octanol–water partition coefficient (Wildman–Crippen LogP) is 12.6. The standard InChI is InChI=1S/C52H80NO8P/c1-6-8-10-12-14-16-18-20-22-24-26-28-30-32-34-36-38-40-42-44-51(54)58-48-50(49-60-62(56,57)59-47-46-53(3,4)5)61-52(55)45-43-41-39-37-35-33-31-29-27-25-23-21-19-17-15-13-11-9-7-2/h22-45,50H,6-21,46-49H2,1-5H3/b24-22+,25-23+,28-26+,29-27+,32-30+,33-31+,36-34+,37-35+,40-38+,41-39+,44-42+,45-43+/t50-/m1/s1. The Morgan fingerprint density at radius 1 is 0.500 bits per heavy atom. The maximum Gasteiger partial charge on any atom is 0.331 e. The summed E-state index contributed by atoms with van der Waals surface area (Å²) in [4.78, 5) is 37.3. The van der Waals surface area contributed by atoms with Gasteiger partial charge in [-0.15, -0.1) is 0 Å². The molecule has 0 aliphatic rings. The van der Waals surface area contributed by atoms with Gasteiger partial charge in [0.25, 0.3) is 7.82 Å². The van der Waals surface area contributed by atoms with E-state index in [4.69, 9.17) is 18.5 Å². The van der Waals surface area contributed by atoms with Crippen molar-refractivity contribution >= 4 is 19.8 Å². The van der Waals surface area contributed by atoms with Gasteiger partial charge in [-0.1, -0.05) is 225 Å². The largest absolute Gasteiger partial charge is 0.756 e. The van der Waals surface area contributed by atoms with Gasteiger partial charge >= 0.3 is 11.9 Å². The van der Waals surface area contributed by atoms with E-state index >= 15 is 0 Å². The fourth-order valence-electron chi connectivity index (χ4n) is 5.26. The van der Waals surface area contributed by atoms with Gasteiger partial charge in [0.1, 0.15) is 19.8 Å². The van der Waals surface area contributed by atoms with E-state index in [1.807, 2.05) is 94.1 Å².